The lowest BCUT2D eigenvalue weighted by molar-refractivity contribution is -0.0433. The van der Waals surface area contributed by atoms with Crippen molar-refractivity contribution in [1.82, 2.24) is 9.88 Å². The first-order valence-corrected chi connectivity index (χ1v) is 9.73. The van der Waals surface area contributed by atoms with Crippen LogP contribution in [0.3, 0.4) is 0 Å². The van der Waals surface area contributed by atoms with Crippen LogP contribution in [0, 0.1) is 17.1 Å². The van der Waals surface area contributed by atoms with Gasteiger partial charge in [0.05, 0.1) is 30.5 Å². The third-order valence-electron chi connectivity index (χ3n) is 4.45. The lowest BCUT2D eigenvalue weighted by Gasteiger charge is -2.34. The predicted molar refractivity (Wildman–Crippen MR) is 110 cm³/mol. The monoisotopic (exact) mass is 426 g/mol. The van der Waals surface area contributed by atoms with E-state index in [-0.39, 0.29) is 23.5 Å². The molecule has 2 aromatic rings. The third kappa shape index (κ3) is 5.77. The molecule has 0 bridgehead atoms. The number of ether oxygens (including phenoxy) is 2. The van der Waals surface area contributed by atoms with Gasteiger partial charge in [-0.3, -0.25) is 9.78 Å². The summed E-state index contributed by atoms with van der Waals surface area (Å²) in [4.78, 5) is 30.1. The molecular weight excluding hydrogens is 403 g/mol. The first-order chi connectivity index (χ1) is 14.7. The molecule has 8 nitrogen and oxygen atoms in total. The Bertz CT molecular complexity index is 1030. The first kappa shape index (κ1) is 22.2. The number of morpholine rings is 1. The summed E-state index contributed by atoms with van der Waals surface area (Å²) in [6, 6.07) is 9.02. The number of amides is 2. The summed E-state index contributed by atoms with van der Waals surface area (Å²) in [5.74, 6) is -1.28. The highest BCUT2D eigenvalue weighted by atomic mass is 19.1. The number of pyridine rings is 1. The number of anilines is 1. The van der Waals surface area contributed by atoms with Gasteiger partial charge in [-0.1, -0.05) is 6.07 Å². The minimum Gasteiger partial charge on any atom is -0.444 e. The van der Waals surface area contributed by atoms with E-state index in [4.69, 9.17) is 14.7 Å². The number of hydrogen-bond acceptors (Lipinski definition) is 6. The van der Waals surface area contributed by atoms with Gasteiger partial charge in [-0.05, 0) is 50.6 Å². The molecule has 1 fully saturated rings. The molecule has 1 N–H and O–H groups in total. The predicted octanol–water partition coefficient (Wildman–Crippen LogP) is 3.65. The molecule has 31 heavy (non-hydrogen) atoms. The van der Waals surface area contributed by atoms with Crippen molar-refractivity contribution in [1.29, 1.82) is 5.26 Å². The fraction of sp³-hybridized carbons (Fsp3) is 0.364. The number of nitrogens with zero attached hydrogens (tertiary/aromatic N) is 3. The van der Waals surface area contributed by atoms with Crippen LogP contribution in [-0.2, 0) is 9.47 Å². The van der Waals surface area contributed by atoms with E-state index in [0.717, 1.165) is 0 Å². The van der Waals surface area contributed by atoms with Gasteiger partial charge in [-0.15, -0.1) is 0 Å². The summed E-state index contributed by atoms with van der Waals surface area (Å²) >= 11 is 0. The Balaban J connectivity index is 1.69. The molecule has 2 heterocycles. The summed E-state index contributed by atoms with van der Waals surface area (Å²) in [6.45, 7) is 6.28. The Morgan fingerprint density at radius 2 is 2.10 bits per heavy atom. The molecule has 1 aliphatic heterocycles. The van der Waals surface area contributed by atoms with Crippen LogP contribution in [0.5, 0.6) is 0 Å². The normalized spacial score (nSPS) is 16.4. The number of nitriles is 1. The van der Waals surface area contributed by atoms with Crippen LogP contribution in [0.2, 0.25) is 0 Å². The van der Waals surface area contributed by atoms with Crippen LogP contribution < -0.4 is 5.32 Å². The zero-order chi connectivity index (χ0) is 22.6. The van der Waals surface area contributed by atoms with Gasteiger partial charge < -0.3 is 19.7 Å². The van der Waals surface area contributed by atoms with Crippen molar-refractivity contribution in [2.24, 2.45) is 0 Å². The summed E-state index contributed by atoms with van der Waals surface area (Å²) < 4.78 is 25.7. The molecule has 162 valence electrons. The molecule has 0 radical (unpaired) electrons. The lowest BCUT2D eigenvalue weighted by atomic mass is 10.1. The van der Waals surface area contributed by atoms with Gasteiger partial charge in [0, 0.05) is 12.7 Å². The molecule has 1 unspecified atom stereocenters. The Kier molecular flexibility index (Phi) is 6.51. The van der Waals surface area contributed by atoms with E-state index in [0.29, 0.717) is 18.7 Å². The van der Waals surface area contributed by atoms with E-state index in [1.807, 2.05) is 6.07 Å². The smallest absolute Gasteiger partial charge is 0.410 e. The van der Waals surface area contributed by atoms with Crippen molar-refractivity contribution in [2.75, 3.05) is 25.0 Å². The van der Waals surface area contributed by atoms with E-state index < -0.39 is 29.5 Å². The van der Waals surface area contributed by atoms with Gasteiger partial charge in [0.25, 0.3) is 5.91 Å². The van der Waals surface area contributed by atoms with Crippen molar-refractivity contribution in [2.45, 2.75) is 32.5 Å². The largest absolute Gasteiger partial charge is 0.444 e. The second kappa shape index (κ2) is 9.10. The Labute approximate surface area is 179 Å². The fourth-order valence-electron chi connectivity index (χ4n) is 2.99. The molecule has 1 aromatic heterocycles. The standard InChI is InChI=1S/C22H23FN4O4/c1-22(2,3)31-21(29)27-8-9-30-19(13-27)15-4-5-17(16(23)11-15)26-20(28)18-10-14(12-24)6-7-25-18/h4-7,10-11,19H,8-9,13H2,1-3H3,(H,26,28). The highest BCUT2D eigenvalue weighted by Gasteiger charge is 2.29. The number of halogens is 1. The molecule has 0 aliphatic carbocycles. The Hall–Kier alpha value is -3.51. The fourth-order valence-corrected chi connectivity index (χ4v) is 2.99. The van der Waals surface area contributed by atoms with Crippen LogP contribution >= 0.6 is 0 Å². The number of carbonyl (C=O) groups excluding carboxylic acids is 2. The van der Waals surface area contributed by atoms with E-state index in [1.54, 1.807) is 26.8 Å². The third-order valence-corrected chi connectivity index (χ3v) is 4.45. The number of carbonyl (C=O) groups is 2. The topological polar surface area (TPSA) is 105 Å². The first-order valence-electron chi connectivity index (χ1n) is 9.73. The maximum absolute atomic E-state index is 14.7. The molecule has 9 heteroatoms. The Morgan fingerprint density at radius 3 is 2.77 bits per heavy atom. The highest BCUT2D eigenvalue weighted by Crippen LogP contribution is 2.27. The van der Waals surface area contributed by atoms with Crippen LogP contribution in [0.1, 0.15) is 48.5 Å². The molecular formula is C22H23FN4O4. The molecule has 3 rings (SSSR count). The van der Waals surface area contributed by atoms with Crippen molar-refractivity contribution in [3.63, 3.8) is 0 Å². The number of hydrogen-bond donors (Lipinski definition) is 1. The average molecular weight is 426 g/mol. The molecule has 1 aromatic carbocycles. The summed E-state index contributed by atoms with van der Waals surface area (Å²) in [6.07, 6.45) is 0.371. The van der Waals surface area contributed by atoms with Crippen LogP contribution in [0.4, 0.5) is 14.9 Å². The SMILES string of the molecule is CC(C)(C)OC(=O)N1CCOC(c2ccc(NC(=O)c3cc(C#N)ccn3)c(F)c2)C1. The lowest BCUT2D eigenvalue weighted by Crippen LogP contribution is -2.44. The van der Waals surface area contributed by atoms with Gasteiger partial charge in [0.2, 0.25) is 0 Å². The van der Waals surface area contributed by atoms with Crippen LogP contribution in [0.15, 0.2) is 36.5 Å². The number of aromatic nitrogens is 1. The molecule has 1 aliphatic rings. The second-order valence-corrected chi connectivity index (χ2v) is 8.02. The van der Waals surface area contributed by atoms with Gasteiger partial charge in [0.1, 0.15) is 23.2 Å². The van der Waals surface area contributed by atoms with Crippen LogP contribution in [-0.4, -0.2) is 47.2 Å². The minimum atomic E-state index is -0.653. The zero-order valence-corrected chi connectivity index (χ0v) is 17.5. The van der Waals surface area contributed by atoms with Crippen molar-refractivity contribution < 1.29 is 23.5 Å². The molecule has 1 atom stereocenters. The zero-order valence-electron chi connectivity index (χ0n) is 17.5. The molecule has 0 saturated carbocycles. The van der Waals surface area contributed by atoms with E-state index >= 15 is 0 Å². The van der Waals surface area contributed by atoms with Crippen molar-refractivity contribution in [3.8, 4) is 6.07 Å². The minimum absolute atomic E-state index is 0.00569. The van der Waals surface area contributed by atoms with E-state index in [9.17, 15) is 14.0 Å². The molecule has 2 amide bonds. The second-order valence-electron chi connectivity index (χ2n) is 8.02. The maximum atomic E-state index is 14.7. The summed E-state index contributed by atoms with van der Waals surface area (Å²) in [5.41, 5.74) is 0.176. The number of nitrogens with one attached hydrogen (secondary N) is 1. The van der Waals surface area contributed by atoms with Gasteiger partial charge in [-0.2, -0.15) is 5.26 Å². The average Bonchev–Trinajstić information content (AvgIpc) is 2.74. The summed E-state index contributed by atoms with van der Waals surface area (Å²) in [5, 5.41) is 11.4. The van der Waals surface area contributed by atoms with E-state index in [1.165, 1.54) is 35.4 Å². The van der Waals surface area contributed by atoms with Gasteiger partial charge >= 0.3 is 6.09 Å². The highest BCUT2D eigenvalue weighted by molar-refractivity contribution is 6.03. The van der Waals surface area contributed by atoms with Crippen molar-refractivity contribution >= 4 is 17.7 Å². The molecule has 1 saturated heterocycles. The van der Waals surface area contributed by atoms with Crippen LogP contribution in [0.25, 0.3) is 0 Å². The molecule has 0 spiro atoms. The Morgan fingerprint density at radius 1 is 1.32 bits per heavy atom. The number of rotatable bonds is 3. The quantitative estimate of drug-likeness (QED) is 0.803. The van der Waals surface area contributed by atoms with Gasteiger partial charge in [-0.25, -0.2) is 9.18 Å². The maximum Gasteiger partial charge on any atom is 0.410 e. The number of benzene rings is 1. The summed E-state index contributed by atoms with van der Waals surface area (Å²) in [7, 11) is 0. The van der Waals surface area contributed by atoms with E-state index in [2.05, 4.69) is 10.3 Å². The van der Waals surface area contributed by atoms with Crippen molar-refractivity contribution in [3.05, 3.63) is 59.2 Å². The van der Waals surface area contributed by atoms with Gasteiger partial charge in [0.15, 0.2) is 0 Å².